The largest absolute Gasteiger partial charge is 0.478 e. The number of hydrogen-bond acceptors (Lipinski definition) is 5. The Balaban J connectivity index is 1.99. The third-order valence-corrected chi connectivity index (χ3v) is 9.32. The summed E-state index contributed by atoms with van der Waals surface area (Å²) >= 11 is 0. The fraction of sp³-hybridized carbons (Fsp3) is 0.650. The molecule has 3 aromatic rings. The molecule has 262 valence electrons. The van der Waals surface area contributed by atoms with Gasteiger partial charge in [-0.3, -0.25) is 0 Å². The van der Waals surface area contributed by atoms with Crippen LogP contribution in [0.1, 0.15) is 126 Å². The van der Waals surface area contributed by atoms with Gasteiger partial charge >= 0.3 is 11.9 Å². The first-order valence-corrected chi connectivity index (χ1v) is 18.2. The minimum absolute atomic E-state index is 0.170. The van der Waals surface area contributed by atoms with Gasteiger partial charge in [0.05, 0.1) is 11.1 Å². The van der Waals surface area contributed by atoms with Crippen LogP contribution in [-0.4, -0.2) is 71.2 Å². The van der Waals surface area contributed by atoms with E-state index >= 15 is 0 Å². The van der Waals surface area contributed by atoms with Crippen LogP contribution in [0, 0.1) is 23.7 Å². The number of aromatic carboxylic acids is 2. The van der Waals surface area contributed by atoms with Crippen LogP contribution < -0.4 is 0 Å². The molecule has 0 aliphatic carbocycles. The minimum atomic E-state index is -1.01. The van der Waals surface area contributed by atoms with Crippen molar-refractivity contribution in [2.24, 2.45) is 23.7 Å². The highest BCUT2D eigenvalue weighted by atomic mass is 16.4. The highest BCUT2D eigenvalue weighted by Gasteiger charge is 2.24. The van der Waals surface area contributed by atoms with Crippen molar-refractivity contribution in [1.29, 1.82) is 0 Å². The lowest BCUT2D eigenvalue weighted by Crippen LogP contribution is -2.29. The smallest absolute Gasteiger partial charge is 0.336 e. The van der Waals surface area contributed by atoms with E-state index in [-0.39, 0.29) is 5.56 Å². The number of carbonyl (C=O) groups is 2. The van der Waals surface area contributed by atoms with E-state index in [4.69, 9.17) is 4.42 Å². The van der Waals surface area contributed by atoms with Crippen molar-refractivity contribution in [3.63, 3.8) is 0 Å². The maximum atomic E-state index is 13.1. The maximum Gasteiger partial charge on any atom is 0.336 e. The van der Waals surface area contributed by atoms with E-state index in [0.29, 0.717) is 58.6 Å². The molecule has 0 atom stereocenters. The SMILES string of the molecule is CC(C)CCN(CCCc1cc2oc3ccc(C(=O)O)cc3c2c(CCCN(CCC(C)C)CCC(C)C)c1C(=O)O)CCC(C)C. The van der Waals surface area contributed by atoms with Gasteiger partial charge in [-0.2, -0.15) is 0 Å². The first kappa shape index (κ1) is 38.5. The van der Waals surface area contributed by atoms with E-state index in [0.717, 1.165) is 94.3 Å². The van der Waals surface area contributed by atoms with Gasteiger partial charge in [0.2, 0.25) is 0 Å². The molecule has 0 aliphatic heterocycles. The first-order chi connectivity index (χ1) is 22.3. The predicted molar refractivity (Wildman–Crippen MR) is 195 cm³/mol. The Kier molecular flexibility index (Phi) is 15.2. The third-order valence-electron chi connectivity index (χ3n) is 9.32. The van der Waals surface area contributed by atoms with Crippen molar-refractivity contribution in [2.75, 3.05) is 39.3 Å². The standard InChI is InChI=1S/C40H62N2O5/c1-27(2)15-21-41(22-16-28(3)4)19-9-11-31-26-36-38(34-25-32(39(43)44)13-14-35(34)47-36)33(37(31)40(45)46)12-10-20-42(23-17-29(5)6)24-18-30(7)8/h13-14,25-30H,9-12,15-24H2,1-8H3,(H,43,44)(H,45,46). The number of furan rings is 1. The van der Waals surface area contributed by atoms with Gasteiger partial charge in [-0.25, -0.2) is 9.59 Å². The molecule has 0 saturated heterocycles. The van der Waals surface area contributed by atoms with Gasteiger partial charge in [-0.1, -0.05) is 55.4 Å². The zero-order chi connectivity index (χ0) is 34.7. The Morgan fingerprint density at radius 2 is 1.13 bits per heavy atom. The molecule has 3 rings (SSSR count). The number of rotatable bonds is 22. The van der Waals surface area contributed by atoms with Crippen molar-refractivity contribution < 1.29 is 24.2 Å². The van der Waals surface area contributed by atoms with Gasteiger partial charge < -0.3 is 24.4 Å². The van der Waals surface area contributed by atoms with Crippen LogP contribution in [0.4, 0.5) is 0 Å². The molecule has 7 heteroatoms. The summed E-state index contributed by atoms with van der Waals surface area (Å²) in [5.41, 5.74) is 3.35. The summed E-state index contributed by atoms with van der Waals surface area (Å²) in [5, 5.41) is 21.9. The number of nitrogens with zero attached hydrogens (tertiary/aromatic N) is 2. The second kappa shape index (κ2) is 18.6. The summed E-state index contributed by atoms with van der Waals surface area (Å²) in [6, 6.07) is 6.80. The van der Waals surface area contributed by atoms with Crippen molar-refractivity contribution in [3.8, 4) is 0 Å². The second-order valence-electron chi connectivity index (χ2n) is 15.3. The number of aryl methyl sites for hydroxylation is 2. The minimum Gasteiger partial charge on any atom is -0.478 e. The summed E-state index contributed by atoms with van der Waals surface area (Å²) in [6.07, 6.45) is 7.49. The molecule has 0 bridgehead atoms. The van der Waals surface area contributed by atoms with Gasteiger partial charge in [0.1, 0.15) is 11.2 Å². The summed E-state index contributed by atoms with van der Waals surface area (Å²) in [4.78, 5) is 30.0. The summed E-state index contributed by atoms with van der Waals surface area (Å²) < 4.78 is 6.31. The average Bonchev–Trinajstić information content (AvgIpc) is 3.36. The monoisotopic (exact) mass is 650 g/mol. The van der Waals surface area contributed by atoms with Crippen LogP contribution in [-0.2, 0) is 12.8 Å². The highest BCUT2D eigenvalue weighted by molar-refractivity contribution is 6.12. The van der Waals surface area contributed by atoms with Crippen LogP contribution >= 0.6 is 0 Å². The molecular weight excluding hydrogens is 588 g/mol. The molecule has 0 saturated carbocycles. The number of carboxylic acids is 2. The third kappa shape index (κ3) is 11.9. The van der Waals surface area contributed by atoms with Gasteiger partial charge in [0.15, 0.2) is 0 Å². The molecule has 2 aromatic carbocycles. The quantitative estimate of drug-likeness (QED) is 0.112. The average molecular weight is 651 g/mol. The Morgan fingerprint density at radius 3 is 1.57 bits per heavy atom. The molecule has 0 unspecified atom stereocenters. The topological polar surface area (TPSA) is 94.2 Å². The van der Waals surface area contributed by atoms with E-state index in [9.17, 15) is 19.8 Å². The number of hydrogen-bond donors (Lipinski definition) is 2. The fourth-order valence-corrected chi connectivity index (χ4v) is 6.33. The summed E-state index contributed by atoms with van der Waals surface area (Å²) in [5.74, 6) is 0.595. The molecule has 0 fully saturated rings. The van der Waals surface area contributed by atoms with Crippen LogP contribution in [0.2, 0.25) is 0 Å². The Labute approximate surface area is 283 Å². The zero-order valence-corrected chi connectivity index (χ0v) is 30.5. The molecule has 0 amide bonds. The molecule has 0 aliphatic rings. The van der Waals surface area contributed by atoms with E-state index in [1.54, 1.807) is 18.2 Å². The summed E-state index contributed by atoms with van der Waals surface area (Å²) in [7, 11) is 0. The normalized spacial score (nSPS) is 12.4. The Morgan fingerprint density at radius 1 is 0.638 bits per heavy atom. The second-order valence-corrected chi connectivity index (χ2v) is 15.3. The van der Waals surface area contributed by atoms with E-state index < -0.39 is 11.9 Å². The molecule has 47 heavy (non-hydrogen) atoms. The van der Waals surface area contributed by atoms with Gasteiger partial charge in [-0.05, 0) is 150 Å². The van der Waals surface area contributed by atoms with Crippen LogP contribution in [0.5, 0.6) is 0 Å². The molecule has 1 aromatic heterocycles. The van der Waals surface area contributed by atoms with Crippen LogP contribution in [0.15, 0.2) is 28.7 Å². The molecule has 2 N–H and O–H groups in total. The molecule has 1 heterocycles. The first-order valence-electron chi connectivity index (χ1n) is 18.2. The van der Waals surface area contributed by atoms with E-state index in [1.807, 2.05) is 6.07 Å². The lowest BCUT2D eigenvalue weighted by Gasteiger charge is -2.25. The van der Waals surface area contributed by atoms with Gasteiger partial charge in [0, 0.05) is 10.8 Å². The fourth-order valence-electron chi connectivity index (χ4n) is 6.33. The lowest BCUT2D eigenvalue weighted by atomic mass is 9.90. The van der Waals surface area contributed by atoms with Crippen LogP contribution in [0.3, 0.4) is 0 Å². The van der Waals surface area contributed by atoms with Gasteiger partial charge in [0.25, 0.3) is 0 Å². The number of fused-ring (bicyclic) bond motifs is 3. The van der Waals surface area contributed by atoms with Gasteiger partial charge in [-0.15, -0.1) is 0 Å². The number of benzene rings is 2. The number of carboxylic acid groups (broad SMARTS) is 2. The zero-order valence-electron chi connectivity index (χ0n) is 30.5. The van der Waals surface area contributed by atoms with Crippen molar-refractivity contribution in [2.45, 2.75) is 107 Å². The highest BCUT2D eigenvalue weighted by Crippen LogP contribution is 2.37. The van der Waals surface area contributed by atoms with E-state index in [1.165, 1.54) is 0 Å². The molecular formula is C40H62N2O5. The lowest BCUT2D eigenvalue weighted by molar-refractivity contribution is 0.0684. The molecule has 0 spiro atoms. The predicted octanol–water partition coefficient (Wildman–Crippen LogP) is 9.64. The molecule has 0 radical (unpaired) electrons. The maximum absolute atomic E-state index is 13.1. The molecule has 7 nitrogen and oxygen atoms in total. The van der Waals surface area contributed by atoms with Crippen molar-refractivity contribution >= 4 is 33.9 Å². The van der Waals surface area contributed by atoms with Crippen molar-refractivity contribution in [1.82, 2.24) is 9.80 Å². The summed E-state index contributed by atoms with van der Waals surface area (Å²) in [6.45, 7) is 24.1. The Bertz CT molecular complexity index is 1410. The van der Waals surface area contributed by atoms with Crippen molar-refractivity contribution in [3.05, 3.63) is 46.5 Å². The van der Waals surface area contributed by atoms with E-state index in [2.05, 4.69) is 65.2 Å². The Hall–Kier alpha value is -2.90. The van der Waals surface area contributed by atoms with Crippen LogP contribution in [0.25, 0.3) is 21.9 Å².